The molecule has 1 aliphatic rings. The molecule has 140 valence electrons. The lowest BCUT2D eigenvalue weighted by Crippen LogP contribution is -2.48. The van der Waals surface area contributed by atoms with E-state index in [-0.39, 0.29) is 5.91 Å². The second kappa shape index (κ2) is 7.74. The van der Waals surface area contributed by atoms with Crippen molar-refractivity contribution in [3.05, 3.63) is 60.3 Å². The first-order valence-corrected chi connectivity index (χ1v) is 9.46. The molecule has 1 amide bonds. The zero-order valence-electron chi connectivity index (χ0n) is 15.6. The number of carbonyl (C=O) groups excluding carboxylic acids is 1. The van der Waals surface area contributed by atoms with E-state index in [1.54, 1.807) is 7.11 Å². The molecular formula is C22H25N3O2. The minimum atomic E-state index is 0.241. The first-order chi connectivity index (χ1) is 13.2. The van der Waals surface area contributed by atoms with E-state index in [1.165, 1.54) is 10.9 Å². The van der Waals surface area contributed by atoms with Crippen LogP contribution in [0.1, 0.15) is 12.0 Å². The maximum absolute atomic E-state index is 12.7. The highest BCUT2D eigenvalue weighted by molar-refractivity contribution is 5.84. The summed E-state index contributed by atoms with van der Waals surface area (Å²) in [5, 5.41) is 1.22. The summed E-state index contributed by atoms with van der Waals surface area (Å²) < 4.78 is 5.31. The van der Waals surface area contributed by atoms with Crippen LogP contribution in [0.3, 0.4) is 0 Å². The van der Waals surface area contributed by atoms with Gasteiger partial charge in [-0.05, 0) is 30.2 Å². The fourth-order valence-corrected chi connectivity index (χ4v) is 3.76. The normalized spacial score (nSPS) is 14.6. The van der Waals surface area contributed by atoms with E-state index in [1.807, 2.05) is 35.4 Å². The Hall–Kier alpha value is -2.95. The molecule has 27 heavy (non-hydrogen) atoms. The number of hydrogen-bond donors (Lipinski definition) is 1. The van der Waals surface area contributed by atoms with Gasteiger partial charge in [0.25, 0.3) is 0 Å². The van der Waals surface area contributed by atoms with Crippen molar-refractivity contribution < 1.29 is 9.53 Å². The van der Waals surface area contributed by atoms with Crippen molar-refractivity contribution in [1.82, 2.24) is 9.88 Å². The van der Waals surface area contributed by atoms with Crippen molar-refractivity contribution in [1.29, 1.82) is 0 Å². The van der Waals surface area contributed by atoms with Crippen LogP contribution in [0.25, 0.3) is 10.9 Å². The minimum absolute atomic E-state index is 0.241. The van der Waals surface area contributed by atoms with E-state index >= 15 is 0 Å². The van der Waals surface area contributed by atoms with Gasteiger partial charge >= 0.3 is 0 Å². The summed E-state index contributed by atoms with van der Waals surface area (Å²) >= 11 is 0. The topological polar surface area (TPSA) is 48.6 Å². The number of methoxy groups -OCH3 is 1. The number of anilines is 1. The third-order valence-corrected chi connectivity index (χ3v) is 5.33. The van der Waals surface area contributed by atoms with Crippen LogP contribution >= 0.6 is 0 Å². The Morgan fingerprint density at radius 3 is 2.70 bits per heavy atom. The van der Waals surface area contributed by atoms with E-state index < -0.39 is 0 Å². The van der Waals surface area contributed by atoms with Crippen LogP contribution in [0.4, 0.5) is 5.69 Å². The summed E-state index contributed by atoms with van der Waals surface area (Å²) in [5.41, 5.74) is 3.50. The van der Waals surface area contributed by atoms with Gasteiger partial charge in [-0.15, -0.1) is 0 Å². The van der Waals surface area contributed by atoms with Crippen LogP contribution in [-0.4, -0.2) is 49.1 Å². The van der Waals surface area contributed by atoms with E-state index in [0.29, 0.717) is 6.42 Å². The molecule has 0 bridgehead atoms. The monoisotopic (exact) mass is 363 g/mol. The van der Waals surface area contributed by atoms with Gasteiger partial charge in [-0.1, -0.05) is 24.3 Å². The smallest absolute Gasteiger partial charge is 0.223 e. The average molecular weight is 363 g/mol. The minimum Gasteiger partial charge on any atom is -0.497 e. The summed E-state index contributed by atoms with van der Waals surface area (Å²) in [6.45, 7) is 3.24. The molecule has 0 unspecified atom stereocenters. The quantitative estimate of drug-likeness (QED) is 0.755. The first-order valence-electron chi connectivity index (χ1n) is 9.46. The number of hydrogen-bond acceptors (Lipinski definition) is 3. The third kappa shape index (κ3) is 3.77. The van der Waals surface area contributed by atoms with Gasteiger partial charge in [0.1, 0.15) is 5.75 Å². The molecule has 0 atom stereocenters. The summed E-state index contributed by atoms with van der Waals surface area (Å²) in [6.07, 6.45) is 3.36. The summed E-state index contributed by atoms with van der Waals surface area (Å²) in [6, 6.07) is 16.3. The van der Waals surface area contributed by atoms with Gasteiger partial charge in [0, 0.05) is 61.5 Å². The molecule has 3 aromatic rings. The molecule has 0 aliphatic carbocycles. The number of aryl methyl sites for hydroxylation is 1. The third-order valence-electron chi connectivity index (χ3n) is 5.33. The Bertz CT molecular complexity index is 926. The molecule has 5 nitrogen and oxygen atoms in total. The molecule has 1 saturated heterocycles. The van der Waals surface area contributed by atoms with E-state index in [9.17, 15) is 4.79 Å². The molecule has 1 N–H and O–H groups in total. The number of piperazine rings is 1. The van der Waals surface area contributed by atoms with Gasteiger partial charge in [-0.25, -0.2) is 0 Å². The average Bonchev–Trinajstić information content (AvgIpc) is 3.15. The molecule has 2 heterocycles. The van der Waals surface area contributed by atoms with Gasteiger partial charge < -0.3 is 19.5 Å². The second-order valence-corrected chi connectivity index (χ2v) is 6.93. The molecule has 0 saturated carbocycles. The van der Waals surface area contributed by atoms with Crippen molar-refractivity contribution in [2.45, 2.75) is 12.8 Å². The highest BCUT2D eigenvalue weighted by atomic mass is 16.5. The first kappa shape index (κ1) is 17.5. The Balaban J connectivity index is 1.32. The van der Waals surface area contributed by atoms with Crippen LogP contribution in [0, 0.1) is 0 Å². The summed E-state index contributed by atoms with van der Waals surface area (Å²) in [7, 11) is 1.68. The summed E-state index contributed by atoms with van der Waals surface area (Å²) in [5.74, 6) is 1.11. The number of amides is 1. The molecule has 2 aromatic carbocycles. The highest BCUT2D eigenvalue weighted by Gasteiger charge is 2.21. The summed E-state index contributed by atoms with van der Waals surface area (Å²) in [4.78, 5) is 20.2. The number of carbonyl (C=O) groups is 1. The zero-order chi connectivity index (χ0) is 18.6. The number of fused-ring (bicyclic) bond motifs is 1. The molecule has 1 aliphatic heterocycles. The van der Waals surface area contributed by atoms with Crippen LogP contribution in [0.15, 0.2) is 54.7 Å². The van der Waals surface area contributed by atoms with Gasteiger partial charge in [0.2, 0.25) is 5.91 Å². The maximum atomic E-state index is 12.7. The van der Waals surface area contributed by atoms with Crippen LogP contribution in [0.5, 0.6) is 5.75 Å². The second-order valence-electron chi connectivity index (χ2n) is 6.93. The van der Waals surface area contributed by atoms with E-state index in [4.69, 9.17) is 4.74 Å². The Labute approximate surface area is 159 Å². The standard InChI is InChI=1S/C22H25N3O2/c1-27-19-6-4-5-18(15-19)24-11-13-25(14-12-24)22(26)10-9-17-16-23-21-8-3-2-7-20(17)21/h2-8,15-16,23H,9-14H2,1H3. The molecule has 1 aromatic heterocycles. The van der Waals surface area contributed by atoms with Crippen molar-refractivity contribution in [3.63, 3.8) is 0 Å². The van der Waals surface area contributed by atoms with Crippen molar-refractivity contribution in [2.24, 2.45) is 0 Å². The fraction of sp³-hybridized carbons (Fsp3) is 0.318. The molecule has 0 radical (unpaired) electrons. The van der Waals surface area contributed by atoms with Crippen LogP contribution in [-0.2, 0) is 11.2 Å². The molecule has 1 fully saturated rings. The largest absolute Gasteiger partial charge is 0.497 e. The van der Waals surface area contributed by atoms with E-state index in [0.717, 1.165) is 49.6 Å². The lowest BCUT2D eigenvalue weighted by atomic mass is 10.1. The predicted molar refractivity (Wildman–Crippen MR) is 108 cm³/mol. The van der Waals surface area contributed by atoms with Crippen LogP contribution in [0.2, 0.25) is 0 Å². The zero-order valence-corrected chi connectivity index (χ0v) is 15.6. The van der Waals surface area contributed by atoms with Gasteiger partial charge in [0.15, 0.2) is 0 Å². The number of aromatic amines is 1. The lowest BCUT2D eigenvalue weighted by Gasteiger charge is -2.36. The molecular weight excluding hydrogens is 338 g/mol. The van der Waals surface area contributed by atoms with Gasteiger partial charge in [-0.2, -0.15) is 0 Å². The fourth-order valence-electron chi connectivity index (χ4n) is 3.76. The Morgan fingerprint density at radius 1 is 1.07 bits per heavy atom. The number of benzene rings is 2. The maximum Gasteiger partial charge on any atom is 0.223 e. The number of para-hydroxylation sites is 1. The number of aromatic nitrogens is 1. The Morgan fingerprint density at radius 2 is 1.89 bits per heavy atom. The Kier molecular flexibility index (Phi) is 5.01. The van der Waals surface area contributed by atoms with E-state index in [2.05, 4.69) is 34.1 Å². The predicted octanol–water partition coefficient (Wildman–Crippen LogP) is 3.46. The van der Waals surface area contributed by atoms with Crippen molar-refractivity contribution >= 4 is 22.5 Å². The number of nitrogens with zero attached hydrogens (tertiary/aromatic N) is 2. The van der Waals surface area contributed by atoms with Crippen molar-refractivity contribution in [3.8, 4) is 5.75 Å². The van der Waals surface area contributed by atoms with Crippen LogP contribution < -0.4 is 9.64 Å². The molecule has 5 heteroatoms. The molecule has 4 rings (SSSR count). The van der Waals surface area contributed by atoms with Crippen molar-refractivity contribution in [2.75, 3.05) is 38.2 Å². The number of rotatable bonds is 5. The number of ether oxygens (including phenoxy) is 1. The highest BCUT2D eigenvalue weighted by Crippen LogP contribution is 2.23. The lowest BCUT2D eigenvalue weighted by molar-refractivity contribution is -0.131. The van der Waals surface area contributed by atoms with Gasteiger partial charge in [-0.3, -0.25) is 4.79 Å². The molecule has 0 spiro atoms. The SMILES string of the molecule is COc1cccc(N2CCN(C(=O)CCc3c[nH]c4ccccc34)CC2)c1. The van der Waals surface area contributed by atoms with Gasteiger partial charge in [0.05, 0.1) is 7.11 Å². The number of nitrogens with one attached hydrogen (secondary N) is 1. The number of H-pyrrole nitrogens is 1.